The number of hydrogen-bond donors (Lipinski definition) is 1. The van der Waals surface area contributed by atoms with Crippen LogP contribution in [0.25, 0.3) is 0 Å². The second-order valence-corrected chi connectivity index (χ2v) is 17.0. The Hall–Kier alpha value is -1.61. The van der Waals surface area contributed by atoms with Crippen LogP contribution in [-0.4, -0.2) is 24.1 Å². The molecule has 0 aliphatic heterocycles. The molecule has 0 amide bonds. The predicted molar refractivity (Wildman–Crippen MR) is 171 cm³/mol. The Labute approximate surface area is 256 Å². The quantitative estimate of drug-likeness (QED) is 0.357. The van der Waals surface area contributed by atoms with E-state index in [0.29, 0.717) is 41.8 Å². The van der Waals surface area contributed by atoms with E-state index >= 15 is 0 Å². The van der Waals surface area contributed by atoms with Gasteiger partial charge in [-0.2, -0.15) is 0 Å². The number of carbonyl (C=O) groups is 1. The van der Waals surface area contributed by atoms with Crippen LogP contribution in [0, 0.1) is 56.7 Å². The van der Waals surface area contributed by atoms with Gasteiger partial charge in [0.05, 0.1) is 13.2 Å². The maximum Gasteiger partial charge on any atom is 0.139 e. The van der Waals surface area contributed by atoms with Crippen LogP contribution in [0.15, 0.2) is 35.9 Å². The molecule has 0 saturated heterocycles. The lowest BCUT2D eigenvalue weighted by molar-refractivity contribution is -0.204. The van der Waals surface area contributed by atoms with Crippen LogP contribution in [0.2, 0.25) is 0 Å². The van der Waals surface area contributed by atoms with Crippen molar-refractivity contribution in [3.05, 3.63) is 41.5 Å². The van der Waals surface area contributed by atoms with Gasteiger partial charge in [0.2, 0.25) is 0 Å². The van der Waals surface area contributed by atoms with Crippen LogP contribution in [0.5, 0.6) is 5.75 Å². The normalized spacial score (nSPS) is 45.9. The second kappa shape index (κ2) is 10.2. The molecule has 3 nitrogen and oxygen atoms in total. The van der Waals surface area contributed by atoms with Gasteiger partial charge in [-0.25, -0.2) is 0 Å². The molecule has 0 spiro atoms. The number of fused-ring (bicyclic) bond motifs is 7. The highest BCUT2D eigenvalue weighted by atomic mass is 16.5. The monoisotopic (exact) mass is 574 g/mol. The molecular weight excluding hydrogens is 516 g/mol. The minimum Gasteiger partial charge on any atom is -0.497 e. The van der Waals surface area contributed by atoms with E-state index < -0.39 is 0 Å². The van der Waals surface area contributed by atoms with Crippen molar-refractivity contribution in [2.75, 3.05) is 7.11 Å². The highest BCUT2D eigenvalue weighted by Gasteiger charge is 2.69. The van der Waals surface area contributed by atoms with Crippen molar-refractivity contribution in [2.45, 2.75) is 125 Å². The van der Waals surface area contributed by atoms with Crippen LogP contribution in [0.4, 0.5) is 0 Å². The number of Topliss-reactive ketones (excluding diaryl/α,β-unsaturated/α-hetero) is 1. The zero-order valence-corrected chi connectivity index (χ0v) is 27.9. The molecule has 5 aliphatic carbocycles. The molecule has 0 aromatic heterocycles. The molecule has 4 saturated carbocycles. The zero-order chi connectivity index (χ0) is 30.3. The van der Waals surface area contributed by atoms with E-state index in [4.69, 9.17) is 4.74 Å². The number of benzene rings is 1. The van der Waals surface area contributed by atoms with Crippen molar-refractivity contribution in [2.24, 2.45) is 56.7 Å². The molecule has 1 aromatic carbocycles. The SMILES string of the molecule is COc1cccc(CCC(=O)[C@]23CC[C@@H](C)[C@H](C)[C@H]2C2=CC[C@@H]4[C@@]5(C)CC[C@H](O)C(C)(C)[C@@H]5CC[C@@]4(C)[C@]2(C)CC3)c1. The lowest BCUT2D eigenvalue weighted by Gasteiger charge is -2.71. The van der Waals surface area contributed by atoms with E-state index in [0.717, 1.165) is 50.7 Å². The van der Waals surface area contributed by atoms with Gasteiger partial charge < -0.3 is 9.84 Å². The molecule has 4 fully saturated rings. The second-order valence-electron chi connectivity index (χ2n) is 17.0. The molecule has 5 aliphatic rings. The molecule has 6 rings (SSSR count). The highest BCUT2D eigenvalue weighted by Crippen LogP contribution is 2.75. The number of aliphatic hydroxyl groups is 1. The summed E-state index contributed by atoms with van der Waals surface area (Å²) in [6.45, 7) is 17.5. The lowest BCUT2D eigenvalue weighted by atomic mass is 9.33. The van der Waals surface area contributed by atoms with Crippen molar-refractivity contribution in [3.63, 3.8) is 0 Å². The van der Waals surface area contributed by atoms with Crippen molar-refractivity contribution >= 4 is 5.78 Å². The summed E-state index contributed by atoms with van der Waals surface area (Å²) >= 11 is 0. The summed E-state index contributed by atoms with van der Waals surface area (Å²) in [6.07, 6.45) is 14.0. The van der Waals surface area contributed by atoms with Crippen LogP contribution < -0.4 is 4.74 Å². The van der Waals surface area contributed by atoms with Crippen molar-refractivity contribution in [3.8, 4) is 5.75 Å². The fourth-order valence-corrected chi connectivity index (χ4v) is 12.3. The van der Waals surface area contributed by atoms with Crippen molar-refractivity contribution in [1.82, 2.24) is 0 Å². The minimum absolute atomic E-state index is 0.0244. The summed E-state index contributed by atoms with van der Waals surface area (Å²) in [7, 11) is 1.71. The summed E-state index contributed by atoms with van der Waals surface area (Å²) in [5, 5.41) is 11.0. The molecule has 3 heteroatoms. The van der Waals surface area contributed by atoms with Gasteiger partial charge in [-0.3, -0.25) is 4.79 Å². The summed E-state index contributed by atoms with van der Waals surface area (Å²) < 4.78 is 5.46. The number of ether oxygens (including phenoxy) is 1. The zero-order valence-electron chi connectivity index (χ0n) is 27.9. The van der Waals surface area contributed by atoms with Crippen LogP contribution in [-0.2, 0) is 11.2 Å². The maximum absolute atomic E-state index is 14.5. The fraction of sp³-hybridized carbons (Fsp3) is 0.769. The number of rotatable bonds is 5. The van der Waals surface area contributed by atoms with Crippen LogP contribution >= 0.6 is 0 Å². The smallest absolute Gasteiger partial charge is 0.139 e. The summed E-state index contributed by atoms with van der Waals surface area (Å²) in [5.41, 5.74) is 3.26. The molecule has 0 radical (unpaired) electrons. The topological polar surface area (TPSA) is 46.5 Å². The molecule has 0 bridgehead atoms. The van der Waals surface area contributed by atoms with Gasteiger partial charge in [-0.05, 0) is 133 Å². The van der Waals surface area contributed by atoms with Crippen LogP contribution in [0.3, 0.4) is 0 Å². The molecule has 232 valence electrons. The maximum atomic E-state index is 14.5. The Bertz CT molecular complexity index is 1250. The van der Waals surface area contributed by atoms with Gasteiger partial charge in [-0.1, -0.05) is 72.2 Å². The van der Waals surface area contributed by atoms with Gasteiger partial charge in [0.25, 0.3) is 0 Å². The van der Waals surface area contributed by atoms with E-state index in [9.17, 15) is 9.90 Å². The average molecular weight is 575 g/mol. The van der Waals surface area contributed by atoms with Gasteiger partial charge in [-0.15, -0.1) is 0 Å². The van der Waals surface area contributed by atoms with E-state index in [1.807, 2.05) is 12.1 Å². The number of methoxy groups -OCH3 is 1. The Morgan fingerprint density at radius 1 is 0.952 bits per heavy atom. The Balaban J connectivity index is 1.35. The average Bonchev–Trinajstić information content (AvgIpc) is 2.96. The molecule has 1 aromatic rings. The fourth-order valence-electron chi connectivity index (χ4n) is 12.3. The third-order valence-electron chi connectivity index (χ3n) is 15.3. The number of aryl methyl sites for hydroxylation is 1. The first kappa shape index (κ1) is 30.4. The Morgan fingerprint density at radius 2 is 1.71 bits per heavy atom. The van der Waals surface area contributed by atoms with Gasteiger partial charge in [0.15, 0.2) is 0 Å². The molecular formula is C39H58O3. The summed E-state index contributed by atoms with van der Waals surface area (Å²) in [4.78, 5) is 14.5. The molecule has 0 unspecified atom stereocenters. The number of aliphatic hydroxyl groups excluding tert-OH is 1. The number of ketones is 1. The molecule has 0 heterocycles. The number of hydrogen-bond acceptors (Lipinski definition) is 3. The lowest BCUT2D eigenvalue weighted by Crippen LogP contribution is -2.65. The van der Waals surface area contributed by atoms with E-state index in [1.165, 1.54) is 24.8 Å². The van der Waals surface area contributed by atoms with Gasteiger partial charge >= 0.3 is 0 Å². The largest absolute Gasteiger partial charge is 0.497 e. The van der Waals surface area contributed by atoms with E-state index in [2.05, 4.69) is 66.7 Å². The Morgan fingerprint density at radius 3 is 2.45 bits per heavy atom. The third-order valence-corrected chi connectivity index (χ3v) is 15.3. The molecule has 42 heavy (non-hydrogen) atoms. The molecule has 10 atom stereocenters. The number of allylic oxidation sites excluding steroid dienone is 2. The van der Waals surface area contributed by atoms with Crippen molar-refractivity contribution in [1.29, 1.82) is 0 Å². The first-order chi connectivity index (χ1) is 19.7. The van der Waals surface area contributed by atoms with E-state index in [-0.39, 0.29) is 33.2 Å². The molecule has 1 N–H and O–H groups in total. The third kappa shape index (κ3) is 4.10. The minimum atomic E-state index is -0.211. The van der Waals surface area contributed by atoms with Crippen molar-refractivity contribution < 1.29 is 14.6 Å². The van der Waals surface area contributed by atoms with Gasteiger partial charge in [0.1, 0.15) is 11.5 Å². The standard InChI is InChI=1S/C39H58O3/c1-25-16-21-39(33(41)15-12-27-10-9-11-28(24-27)42-8)23-22-37(6)29(34(39)26(25)2)13-14-31-36(5)19-18-32(40)35(3,4)30(36)17-20-38(31,37)7/h9-11,13,24-26,30-32,34,40H,12,14-23H2,1-8H3/t25-,26+,30+,31-,32+,34+,36+,37-,38-,39-/m1/s1. The highest BCUT2D eigenvalue weighted by molar-refractivity contribution is 5.86. The van der Waals surface area contributed by atoms with E-state index in [1.54, 1.807) is 12.7 Å². The number of carbonyl (C=O) groups excluding carboxylic acids is 1. The summed E-state index contributed by atoms with van der Waals surface area (Å²) in [5.74, 6) is 4.14. The first-order valence-electron chi connectivity index (χ1n) is 17.3. The predicted octanol–water partition coefficient (Wildman–Crippen LogP) is 9.22. The summed E-state index contributed by atoms with van der Waals surface area (Å²) in [6, 6.07) is 8.27. The Kier molecular flexibility index (Phi) is 7.40. The first-order valence-corrected chi connectivity index (χ1v) is 17.3. The van der Waals surface area contributed by atoms with Crippen LogP contribution in [0.1, 0.15) is 118 Å². The van der Waals surface area contributed by atoms with Gasteiger partial charge in [0, 0.05) is 11.8 Å².